The molecule has 0 spiro atoms. The van der Waals surface area contributed by atoms with Gasteiger partial charge in [0.1, 0.15) is 11.3 Å². The van der Waals surface area contributed by atoms with Crippen molar-refractivity contribution in [3.05, 3.63) is 40.8 Å². The van der Waals surface area contributed by atoms with Crippen LogP contribution in [0.25, 0.3) is 11.0 Å². The van der Waals surface area contributed by atoms with E-state index >= 15 is 0 Å². The molecular weight excluding hydrogens is 199 g/mol. The summed E-state index contributed by atoms with van der Waals surface area (Å²) in [7, 11) is -0.750. The zero-order valence-electron chi connectivity index (χ0n) is 7.75. The highest BCUT2D eigenvalue weighted by molar-refractivity contribution is 6.13. The standard InChI is InChI=1S/C9H6O3.BH3O2/c10-7-3-1-6-2-4-9(11)12-8(6)5-7;2-1-3/h1-5,10H;1-3H. The van der Waals surface area contributed by atoms with Crippen LogP contribution in [0.15, 0.2) is 39.5 Å². The number of hydrogen-bond acceptors (Lipinski definition) is 5. The summed E-state index contributed by atoms with van der Waals surface area (Å²) < 4.78 is 4.83. The van der Waals surface area contributed by atoms with E-state index in [9.17, 15) is 4.79 Å². The fourth-order valence-electron chi connectivity index (χ4n) is 1.05. The van der Waals surface area contributed by atoms with E-state index in [0.717, 1.165) is 5.39 Å². The molecule has 1 aromatic heterocycles. The summed E-state index contributed by atoms with van der Waals surface area (Å²) in [6.45, 7) is 0. The molecule has 0 saturated carbocycles. The number of rotatable bonds is 0. The Bertz CT molecular complexity index is 493. The van der Waals surface area contributed by atoms with Gasteiger partial charge >= 0.3 is 13.3 Å². The van der Waals surface area contributed by atoms with Crippen LogP contribution in [-0.4, -0.2) is 22.8 Å². The molecule has 0 bridgehead atoms. The first-order valence-electron chi connectivity index (χ1n) is 4.12. The van der Waals surface area contributed by atoms with Crippen LogP contribution in [0.1, 0.15) is 0 Å². The van der Waals surface area contributed by atoms with Crippen molar-refractivity contribution in [3.8, 4) is 5.75 Å². The highest BCUT2D eigenvalue weighted by Gasteiger charge is 1.96. The van der Waals surface area contributed by atoms with Crippen molar-refractivity contribution in [2.45, 2.75) is 0 Å². The fourth-order valence-corrected chi connectivity index (χ4v) is 1.05. The molecule has 1 heterocycles. The molecule has 1 aromatic carbocycles. The minimum atomic E-state index is -0.750. The molecule has 5 nitrogen and oxygen atoms in total. The molecule has 3 N–H and O–H groups in total. The lowest BCUT2D eigenvalue weighted by atomic mass is 10.2. The number of hydrogen-bond donors (Lipinski definition) is 3. The van der Waals surface area contributed by atoms with E-state index in [1.54, 1.807) is 18.2 Å². The molecule has 0 aliphatic carbocycles. The molecule has 0 radical (unpaired) electrons. The van der Waals surface area contributed by atoms with Gasteiger partial charge in [-0.3, -0.25) is 0 Å². The second-order valence-corrected chi connectivity index (χ2v) is 2.62. The lowest BCUT2D eigenvalue weighted by molar-refractivity contribution is 0.448. The Kier molecular flexibility index (Phi) is 3.90. The van der Waals surface area contributed by atoms with Gasteiger partial charge in [0.25, 0.3) is 0 Å². The normalized spacial score (nSPS) is 9.20. The summed E-state index contributed by atoms with van der Waals surface area (Å²) in [5, 5.41) is 24.1. The van der Waals surface area contributed by atoms with Gasteiger partial charge < -0.3 is 19.6 Å². The minimum absolute atomic E-state index is 0.0943. The van der Waals surface area contributed by atoms with Gasteiger partial charge in [0.05, 0.1) is 0 Å². The van der Waals surface area contributed by atoms with Crippen LogP contribution in [0.2, 0.25) is 0 Å². The Morgan fingerprint density at radius 2 is 1.73 bits per heavy atom. The molecule has 0 aliphatic heterocycles. The van der Waals surface area contributed by atoms with Gasteiger partial charge in [0.2, 0.25) is 0 Å². The maximum absolute atomic E-state index is 10.7. The van der Waals surface area contributed by atoms with Gasteiger partial charge in [0, 0.05) is 17.5 Å². The van der Waals surface area contributed by atoms with Crippen LogP contribution in [0.5, 0.6) is 5.75 Å². The Labute approximate surface area is 85.5 Å². The van der Waals surface area contributed by atoms with E-state index in [0.29, 0.717) is 5.58 Å². The monoisotopic (exact) mass is 208 g/mol. The third-order valence-electron chi connectivity index (χ3n) is 1.61. The van der Waals surface area contributed by atoms with Crippen molar-refractivity contribution in [2.75, 3.05) is 0 Å². The number of phenolic OH excluding ortho intramolecular Hbond substituents is 1. The molecule has 15 heavy (non-hydrogen) atoms. The first-order chi connectivity index (χ1) is 7.17. The van der Waals surface area contributed by atoms with Crippen LogP contribution >= 0.6 is 0 Å². The maximum Gasteiger partial charge on any atom is 0.432 e. The van der Waals surface area contributed by atoms with E-state index in [1.165, 1.54) is 12.1 Å². The van der Waals surface area contributed by atoms with E-state index in [4.69, 9.17) is 19.6 Å². The van der Waals surface area contributed by atoms with E-state index < -0.39 is 13.3 Å². The smallest absolute Gasteiger partial charge is 0.432 e. The molecule has 0 atom stereocenters. The lowest BCUT2D eigenvalue weighted by Gasteiger charge is -1.94. The summed E-state index contributed by atoms with van der Waals surface area (Å²) in [6, 6.07) is 7.65. The van der Waals surface area contributed by atoms with E-state index in [2.05, 4.69) is 0 Å². The number of benzene rings is 1. The summed E-state index contributed by atoms with van der Waals surface area (Å²) in [4.78, 5) is 10.7. The Morgan fingerprint density at radius 1 is 1.13 bits per heavy atom. The fraction of sp³-hybridized carbons (Fsp3) is 0. The highest BCUT2D eigenvalue weighted by atomic mass is 16.4. The van der Waals surface area contributed by atoms with Gasteiger partial charge in [0.15, 0.2) is 0 Å². The molecule has 0 fully saturated rings. The van der Waals surface area contributed by atoms with Crippen LogP contribution in [0.3, 0.4) is 0 Å². The van der Waals surface area contributed by atoms with Gasteiger partial charge in [-0.2, -0.15) is 0 Å². The third-order valence-corrected chi connectivity index (χ3v) is 1.61. The van der Waals surface area contributed by atoms with Crippen LogP contribution in [-0.2, 0) is 0 Å². The lowest BCUT2D eigenvalue weighted by Crippen LogP contribution is -1.93. The Balaban J connectivity index is 0.000000337. The number of phenols is 1. The first kappa shape index (κ1) is 11.3. The zero-order valence-corrected chi connectivity index (χ0v) is 7.75. The predicted molar refractivity (Wildman–Crippen MR) is 55.7 cm³/mol. The quantitative estimate of drug-likeness (QED) is 0.409. The summed E-state index contributed by atoms with van der Waals surface area (Å²) in [5.41, 5.74) is -0.00407. The zero-order chi connectivity index (χ0) is 11.3. The topological polar surface area (TPSA) is 90.9 Å². The molecule has 0 amide bonds. The second kappa shape index (κ2) is 5.18. The predicted octanol–water partition coefficient (Wildman–Crippen LogP) is -0.264. The van der Waals surface area contributed by atoms with Crippen molar-refractivity contribution >= 4 is 18.7 Å². The van der Waals surface area contributed by atoms with Crippen molar-refractivity contribution in [3.63, 3.8) is 0 Å². The Morgan fingerprint density at radius 3 is 2.40 bits per heavy atom. The van der Waals surface area contributed by atoms with Gasteiger partial charge in [-0.1, -0.05) is 0 Å². The molecular formula is C9H9BO5. The van der Waals surface area contributed by atoms with Crippen molar-refractivity contribution in [2.24, 2.45) is 0 Å². The highest BCUT2D eigenvalue weighted by Crippen LogP contribution is 2.17. The van der Waals surface area contributed by atoms with E-state index in [1.807, 2.05) is 0 Å². The van der Waals surface area contributed by atoms with Crippen molar-refractivity contribution < 1.29 is 19.6 Å². The van der Waals surface area contributed by atoms with Crippen molar-refractivity contribution in [1.82, 2.24) is 0 Å². The third kappa shape index (κ3) is 3.12. The van der Waals surface area contributed by atoms with Gasteiger partial charge in [-0.25, -0.2) is 4.79 Å². The SMILES string of the molecule is O=c1ccc2ccc(O)cc2o1.OBO. The Hall–Kier alpha value is -1.79. The molecule has 6 heteroatoms. The molecule has 0 aliphatic rings. The minimum Gasteiger partial charge on any atom is -0.508 e. The summed E-state index contributed by atoms with van der Waals surface area (Å²) >= 11 is 0. The second-order valence-electron chi connectivity index (χ2n) is 2.62. The molecule has 0 unspecified atom stereocenters. The average molecular weight is 208 g/mol. The van der Waals surface area contributed by atoms with Crippen LogP contribution in [0.4, 0.5) is 0 Å². The summed E-state index contributed by atoms with van der Waals surface area (Å²) in [6.07, 6.45) is 0. The molecule has 2 rings (SSSR count). The van der Waals surface area contributed by atoms with Crippen LogP contribution < -0.4 is 5.63 Å². The molecule has 78 valence electrons. The first-order valence-corrected chi connectivity index (χ1v) is 4.12. The van der Waals surface area contributed by atoms with Crippen LogP contribution in [0, 0.1) is 0 Å². The van der Waals surface area contributed by atoms with Gasteiger partial charge in [-0.05, 0) is 18.2 Å². The molecule has 2 aromatic rings. The number of fused-ring (bicyclic) bond motifs is 1. The largest absolute Gasteiger partial charge is 0.508 e. The van der Waals surface area contributed by atoms with Gasteiger partial charge in [-0.15, -0.1) is 0 Å². The molecule has 0 saturated heterocycles. The summed E-state index contributed by atoms with van der Waals surface area (Å²) in [5.74, 6) is 0.0943. The number of aromatic hydroxyl groups is 1. The average Bonchev–Trinajstić information content (AvgIpc) is 2.18. The maximum atomic E-state index is 10.7. The van der Waals surface area contributed by atoms with E-state index in [-0.39, 0.29) is 5.75 Å². The van der Waals surface area contributed by atoms with Crippen molar-refractivity contribution in [1.29, 1.82) is 0 Å².